The number of unbranched alkanes of at least 4 members (excludes halogenated alkanes) is 2. The summed E-state index contributed by atoms with van der Waals surface area (Å²) in [5, 5.41) is 8.53. The Labute approximate surface area is 85.8 Å². The van der Waals surface area contributed by atoms with Crippen LogP contribution in [0.5, 0.6) is 0 Å². The molecule has 0 unspecified atom stereocenters. The number of carboxylic acid groups (broad SMARTS) is 1. The maximum atomic E-state index is 10.4. The predicted octanol–water partition coefficient (Wildman–Crippen LogP) is 2.61. The smallest absolute Gasteiger partial charge is 0.330 e. The van der Waals surface area contributed by atoms with E-state index in [4.69, 9.17) is 9.84 Å². The molecule has 0 atom stereocenters. The van der Waals surface area contributed by atoms with E-state index in [0.29, 0.717) is 12.0 Å². The van der Waals surface area contributed by atoms with Crippen molar-refractivity contribution < 1.29 is 14.6 Å². The van der Waals surface area contributed by atoms with E-state index in [1.807, 2.05) is 0 Å². The maximum absolute atomic E-state index is 10.4. The molecule has 0 rings (SSSR count). The van der Waals surface area contributed by atoms with Crippen molar-refractivity contribution in [1.29, 1.82) is 0 Å². The summed E-state index contributed by atoms with van der Waals surface area (Å²) in [7, 11) is 0. The standard InChI is InChI=1S/C11H20O3/c1-3-8-14-9-6-4-5-7-10(2)11(12)13/h2-9H2,1H3,(H,12,13). The lowest BCUT2D eigenvalue weighted by Crippen LogP contribution is -1.99. The number of ether oxygens (including phenoxy) is 1. The average molecular weight is 200 g/mol. The van der Waals surface area contributed by atoms with Gasteiger partial charge in [-0.2, -0.15) is 0 Å². The van der Waals surface area contributed by atoms with Crippen LogP contribution in [0.15, 0.2) is 12.2 Å². The fraction of sp³-hybridized carbons (Fsp3) is 0.727. The van der Waals surface area contributed by atoms with E-state index < -0.39 is 5.97 Å². The normalized spacial score (nSPS) is 10.1. The van der Waals surface area contributed by atoms with E-state index in [2.05, 4.69) is 13.5 Å². The van der Waals surface area contributed by atoms with E-state index in [1.165, 1.54) is 0 Å². The molecule has 0 radical (unpaired) electrons. The summed E-state index contributed by atoms with van der Waals surface area (Å²) in [6.45, 7) is 7.16. The Morgan fingerprint density at radius 2 is 2.00 bits per heavy atom. The van der Waals surface area contributed by atoms with Gasteiger partial charge >= 0.3 is 5.97 Å². The van der Waals surface area contributed by atoms with Crippen molar-refractivity contribution in [2.24, 2.45) is 0 Å². The van der Waals surface area contributed by atoms with Gasteiger partial charge in [0.15, 0.2) is 0 Å². The van der Waals surface area contributed by atoms with Crippen LogP contribution >= 0.6 is 0 Å². The van der Waals surface area contributed by atoms with Gasteiger partial charge in [0.1, 0.15) is 0 Å². The highest BCUT2D eigenvalue weighted by Gasteiger charge is 2.02. The van der Waals surface area contributed by atoms with Gasteiger partial charge in [0.25, 0.3) is 0 Å². The summed E-state index contributed by atoms with van der Waals surface area (Å²) in [6, 6.07) is 0. The highest BCUT2D eigenvalue weighted by atomic mass is 16.5. The molecule has 0 bridgehead atoms. The van der Waals surface area contributed by atoms with Gasteiger partial charge in [-0.05, 0) is 25.7 Å². The first kappa shape index (κ1) is 13.2. The largest absolute Gasteiger partial charge is 0.478 e. The van der Waals surface area contributed by atoms with E-state index in [9.17, 15) is 4.79 Å². The zero-order chi connectivity index (χ0) is 10.8. The molecule has 0 spiro atoms. The van der Waals surface area contributed by atoms with Gasteiger partial charge in [0, 0.05) is 18.8 Å². The molecule has 0 fully saturated rings. The molecule has 14 heavy (non-hydrogen) atoms. The monoisotopic (exact) mass is 200 g/mol. The first-order chi connectivity index (χ1) is 6.68. The van der Waals surface area contributed by atoms with Crippen LogP contribution in [0.2, 0.25) is 0 Å². The quantitative estimate of drug-likeness (QED) is 0.459. The van der Waals surface area contributed by atoms with Crippen LogP contribution < -0.4 is 0 Å². The molecule has 0 saturated carbocycles. The van der Waals surface area contributed by atoms with Crippen LogP contribution in [-0.2, 0) is 9.53 Å². The Bertz CT molecular complexity index is 175. The lowest BCUT2D eigenvalue weighted by atomic mass is 10.1. The van der Waals surface area contributed by atoms with Crippen molar-refractivity contribution >= 4 is 5.97 Å². The van der Waals surface area contributed by atoms with E-state index in [1.54, 1.807) is 0 Å². The van der Waals surface area contributed by atoms with Crippen molar-refractivity contribution in [3.05, 3.63) is 12.2 Å². The highest BCUT2D eigenvalue weighted by molar-refractivity contribution is 5.85. The van der Waals surface area contributed by atoms with Crippen molar-refractivity contribution in [1.82, 2.24) is 0 Å². The molecule has 3 nitrogen and oxygen atoms in total. The minimum absolute atomic E-state index is 0.305. The summed E-state index contributed by atoms with van der Waals surface area (Å²) >= 11 is 0. The van der Waals surface area contributed by atoms with E-state index in [-0.39, 0.29) is 0 Å². The van der Waals surface area contributed by atoms with Crippen molar-refractivity contribution in [2.45, 2.75) is 39.0 Å². The molecule has 0 aliphatic heterocycles. The molecule has 0 heterocycles. The van der Waals surface area contributed by atoms with Crippen LogP contribution in [0.3, 0.4) is 0 Å². The van der Waals surface area contributed by atoms with Crippen LogP contribution in [0.1, 0.15) is 39.0 Å². The van der Waals surface area contributed by atoms with Gasteiger partial charge in [-0.15, -0.1) is 0 Å². The minimum atomic E-state index is -0.882. The van der Waals surface area contributed by atoms with Gasteiger partial charge in [-0.3, -0.25) is 0 Å². The van der Waals surface area contributed by atoms with Gasteiger partial charge in [-0.25, -0.2) is 4.79 Å². The highest BCUT2D eigenvalue weighted by Crippen LogP contribution is 2.07. The van der Waals surface area contributed by atoms with Crippen LogP contribution in [0.4, 0.5) is 0 Å². The third-order valence-electron chi connectivity index (χ3n) is 1.92. The second-order valence-electron chi connectivity index (χ2n) is 3.33. The second-order valence-corrected chi connectivity index (χ2v) is 3.33. The van der Waals surface area contributed by atoms with Crippen molar-refractivity contribution in [3.8, 4) is 0 Å². The van der Waals surface area contributed by atoms with Crippen LogP contribution in [0, 0.1) is 0 Å². The van der Waals surface area contributed by atoms with Gasteiger partial charge in [-0.1, -0.05) is 19.9 Å². The number of hydrogen-bond acceptors (Lipinski definition) is 2. The molecule has 0 aliphatic rings. The Morgan fingerprint density at radius 3 is 2.57 bits per heavy atom. The maximum Gasteiger partial charge on any atom is 0.330 e. The topological polar surface area (TPSA) is 46.5 Å². The first-order valence-electron chi connectivity index (χ1n) is 5.17. The predicted molar refractivity (Wildman–Crippen MR) is 56.4 cm³/mol. The van der Waals surface area contributed by atoms with Crippen molar-refractivity contribution in [3.63, 3.8) is 0 Å². The van der Waals surface area contributed by atoms with Gasteiger partial charge in [0.05, 0.1) is 0 Å². The summed E-state index contributed by atoms with van der Waals surface area (Å²) in [5.74, 6) is -0.882. The first-order valence-corrected chi connectivity index (χ1v) is 5.17. The van der Waals surface area contributed by atoms with Crippen molar-refractivity contribution in [2.75, 3.05) is 13.2 Å². The second kappa shape index (κ2) is 8.75. The Kier molecular flexibility index (Phi) is 8.24. The Morgan fingerprint density at radius 1 is 1.29 bits per heavy atom. The molecule has 0 aliphatic carbocycles. The van der Waals surface area contributed by atoms with Crippen LogP contribution in [-0.4, -0.2) is 24.3 Å². The third-order valence-corrected chi connectivity index (χ3v) is 1.92. The molecule has 3 heteroatoms. The minimum Gasteiger partial charge on any atom is -0.478 e. The number of rotatable bonds is 9. The number of carboxylic acids is 1. The zero-order valence-corrected chi connectivity index (χ0v) is 8.92. The molecule has 0 aromatic heterocycles. The zero-order valence-electron chi connectivity index (χ0n) is 8.92. The molecule has 0 saturated heterocycles. The van der Waals surface area contributed by atoms with Crippen LogP contribution in [0.25, 0.3) is 0 Å². The lowest BCUT2D eigenvalue weighted by molar-refractivity contribution is -0.132. The molecule has 82 valence electrons. The molecular weight excluding hydrogens is 180 g/mol. The average Bonchev–Trinajstić information content (AvgIpc) is 2.16. The molecule has 0 aromatic rings. The molecule has 1 N–H and O–H groups in total. The van der Waals surface area contributed by atoms with Gasteiger partial charge < -0.3 is 9.84 Å². The summed E-state index contributed by atoms with van der Waals surface area (Å²) < 4.78 is 5.30. The molecule has 0 aromatic carbocycles. The van der Waals surface area contributed by atoms with Gasteiger partial charge in [0.2, 0.25) is 0 Å². The summed E-state index contributed by atoms with van der Waals surface area (Å²) in [5.41, 5.74) is 0.305. The van der Waals surface area contributed by atoms with E-state index >= 15 is 0 Å². The number of aliphatic carboxylic acids is 1. The summed E-state index contributed by atoms with van der Waals surface area (Å²) in [6.07, 6.45) is 4.54. The fourth-order valence-corrected chi connectivity index (χ4v) is 1.07. The SMILES string of the molecule is C=C(CCCCCOCCC)C(=O)O. The Hall–Kier alpha value is -0.830. The Balaban J connectivity index is 3.13. The van der Waals surface area contributed by atoms with E-state index in [0.717, 1.165) is 38.9 Å². The third kappa shape index (κ3) is 7.80. The molecule has 0 amide bonds. The fourth-order valence-electron chi connectivity index (χ4n) is 1.07. The number of carbonyl (C=O) groups is 1. The molecular formula is C11H20O3. The number of hydrogen-bond donors (Lipinski definition) is 1. The lowest BCUT2D eigenvalue weighted by Gasteiger charge is -2.02. The summed E-state index contributed by atoms with van der Waals surface area (Å²) in [4.78, 5) is 10.4.